The number of benzene rings is 7. The molecule has 0 spiro atoms. The fourth-order valence-electron chi connectivity index (χ4n) is 8.26. The number of anilines is 2. The molecule has 0 saturated carbocycles. The molecule has 1 aliphatic rings. The second kappa shape index (κ2) is 15.9. The van der Waals surface area contributed by atoms with Crippen LogP contribution in [0.5, 0.6) is 0 Å². The Balaban J connectivity index is 1.03. The lowest BCUT2D eigenvalue weighted by molar-refractivity contribution is 0.598. The van der Waals surface area contributed by atoms with E-state index in [0.29, 0.717) is 11.5 Å². The molecule has 9 rings (SSSR count). The summed E-state index contributed by atoms with van der Waals surface area (Å²) < 4.78 is 2.38. The van der Waals surface area contributed by atoms with Crippen LogP contribution in [0.3, 0.4) is 0 Å². The van der Waals surface area contributed by atoms with Gasteiger partial charge in [0.15, 0.2) is 5.84 Å². The number of hydrogen-bond donors (Lipinski definition) is 0. The van der Waals surface area contributed by atoms with Crippen molar-refractivity contribution in [2.45, 2.75) is 25.7 Å². The van der Waals surface area contributed by atoms with Crippen LogP contribution in [0.25, 0.3) is 44.3 Å². The molecule has 0 bridgehead atoms. The molecule has 1 atom stereocenters. The Kier molecular flexibility index (Phi) is 10.1. The normalized spacial score (nSPS) is 15.7. The third-order valence-electron chi connectivity index (χ3n) is 11.6. The van der Waals surface area contributed by atoms with E-state index < -0.39 is 0 Å². The highest BCUT2D eigenvalue weighted by Gasteiger charge is 2.30. The van der Waals surface area contributed by atoms with Gasteiger partial charge in [-0.25, -0.2) is 9.98 Å². The Labute approximate surface area is 347 Å². The number of rotatable bonds is 9. The molecule has 0 amide bonds. The zero-order valence-corrected chi connectivity index (χ0v) is 33.8. The largest absolute Gasteiger partial charge is 0.344 e. The van der Waals surface area contributed by atoms with Gasteiger partial charge in [-0.1, -0.05) is 171 Å². The number of amidine groups is 1. The Hall–Kier alpha value is -7.30. The molecule has 59 heavy (non-hydrogen) atoms. The minimum Gasteiger partial charge on any atom is -0.344 e. The lowest BCUT2D eigenvalue weighted by Gasteiger charge is -2.33. The first-order valence-corrected chi connectivity index (χ1v) is 20.2. The minimum atomic E-state index is -0.262. The van der Waals surface area contributed by atoms with Crippen molar-refractivity contribution in [3.63, 3.8) is 0 Å². The van der Waals surface area contributed by atoms with Crippen molar-refractivity contribution in [1.29, 1.82) is 0 Å². The van der Waals surface area contributed by atoms with E-state index in [-0.39, 0.29) is 5.41 Å². The highest BCUT2D eigenvalue weighted by molar-refractivity contribution is 6.14. The Bertz CT molecular complexity index is 2950. The van der Waals surface area contributed by atoms with Gasteiger partial charge in [0.05, 0.1) is 16.7 Å². The molecule has 4 heteroatoms. The Morgan fingerprint density at radius 3 is 2.02 bits per heavy atom. The summed E-state index contributed by atoms with van der Waals surface area (Å²) in [6, 6.07) is 64.2. The van der Waals surface area contributed by atoms with Crippen molar-refractivity contribution in [2.75, 3.05) is 11.9 Å². The van der Waals surface area contributed by atoms with Gasteiger partial charge in [0.25, 0.3) is 0 Å². The highest BCUT2D eigenvalue weighted by Crippen LogP contribution is 2.42. The molecule has 0 fully saturated rings. The van der Waals surface area contributed by atoms with E-state index in [1.807, 2.05) is 55.5 Å². The van der Waals surface area contributed by atoms with Crippen molar-refractivity contribution in [1.82, 2.24) is 4.57 Å². The maximum Gasteiger partial charge on any atom is 0.159 e. The first-order valence-electron chi connectivity index (χ1n) is 20.2. The molecule has 1 aromatic heterocycles. The van der Waals surface area contributed by atoms with Gasteiger partial charge in [-0.15, -0.1) is 0 Å². The number of fused-ring (bicyclic) bond motifs is 3. The maximum atomic E-state index is 5.10. The Morgan fingerprint density at radius 1 is 0.627 bits per heavy atom. The minimum absolute atomic E-state index is 0.262. The van der Waals surface area contributed by atoms with Gasteiger partial charge in [-0.05, 0) is 83.6 Å². The molecule has 286 valence electrons. The molecule has 0 N–H and O–H groups in total. The number of para-hydroxylation sites is 3. The molecule has 4 nitrogen and oxygen atoms in total. The molecule has 1 heterocycles. The molecular formula is C55H46N4. The first-order chi connectivity index (χ1) is 28.9. The SMILES string of the molecule is C=C(/N=C(\N=C(/C)c1ccccc1)C1=CCC(C)(c2ccccc2N(C)c2cccc(-c3ccc4c5ccccc5n(-c5ccccc5)c4c3)c2)C=C1)c1ccccc1. The summed E-state index contributed by atoms with van der Waals surface area (Å²) in [5.74, 6) is 0.656. The van der Waals surface area contributed by atoms with E-state index in [9.17, 15) is 0 Å². The van der Waals surface area contributed by atoms with E-state index in [1.165, 1.54) is 38.5 Å². The van der Waals surface area contributed by atoms with E-state index in [0.717, 1.165) is 45.9 Å². The van der Waals surface area contributed by atoms with Gasteiger partial charge in [-0.3, -0.25) is 0 Å². The van der Waals surface area contributed by atoms with Crippen molar-refractivity contribution in [3.8, 4) is 16.8 Å². The zero-order valence-electron chi connectivity index (χ0n) is 33.8. The zero-order chi connectivity index (χ0) is 40.3. The molecule has 0 saturated heterocycles. The number of aliphatic imine (C=N–C) groups is 2. The molecule has 8 aromatic rings. The summed E-state index contributed by atoms with van der Waals surface area (Å²) in [7, 11) is 2.17. The molecule has 1 unspecified atom stereocenters. The van der Waals surface area contributed by atoms with Crippen LogP contribution in [0.1, 0.15) is 37.0 Å². The van der Waals surface area contributed by atoms with Gasteiger partial charge >= 0.3 is 0 Å². The second-order valence-electron chi connectivity index (χ2n) is 15.5. The topological polar surface area (TPSA) is 32.9 Å². The summed E-state index contributed by atoms with van der Waals surface area (Å²) in [5.41, 5.74) is 13.8. The first kappa shape index (κ1) is 37.3. The highest BCUT2D eigenvalue weighted by atomic mass is 15.1. The molecule has 1 aliphatic carbocycles. The Morgan fingerprint density at radius 2 is 1.27 bits per heavy atom. The van der Waals surface area contributed by atoms with Gasteiger partial charge in [0.2, 0.25) is 0 Å². The van der Waals surface area contributed by atoms with E-state index in [1.54, 1.807) is 0 Å². The van der Waals surface area contributed by atoms with E-state index >= 15 is 0 Å². The number of hydrogen-bond acceptors (Lipinski definition) is 2. The van der Waals surface area contributed by atoms with Gasteiger partial charge in [0.1, 0.15) is 0 Å². The average Bonchev–Trinajstić information content (AvgIpc) is 3.63. The number of nitrogens with zero attached hydrogens (tertiary/aromatic N) is 4. The van der Waals surface area contributed by atoms with E-state index in [4.69, 9.17) is 9.98 Å². The lowest BCUT2D eigenvalue weighted by atomic mass is 9.75. The molecule has 7 aromatic carbocycles. The lowest BCUT2D eigenvalue weighted by Crippen LogP contribution is -2.25. The summed E-state index contributed by atoms with van der Waals surface area (Å²) in [6.07, 6.45) is 7.57. The summed E-state index contributed by atoms with van der Waals surface area (Å²) in [4.78, 5) is 12.4. The van der Waals surface area contributed by atoms with Crippen LogP contribution < -0.4 is 4.90 Å². The standard InChI is InChI=1S/C55H46N4/c1-39(41-19-8-5-9-20-41)56-54(57-40(2)42-21-10-6-11-22-42)43-33-35-55(3,36-34-43)50-28-15-17-30-52(50)58(4)47-26-18-23-44(37-47)45-31-32-49-48-27-14-16-29-51(48)59(53(49)38-45)46-24-12-7-13-25-46/h5-35,37-38H,1,36H2,2-4H3/b56-54-,57-40+. The summed E-state index contributed by atoms with van der Waals surface area (Å²) in [5, 5.41) is 2.51. The predicted molar refractivity (Wildman–Crippen MR) is 251 cm³/mol. The predicted octanol–water partition coefficient (Wildman–Crippen LogP) is 13.9. The third-order valence-corrected chi connectivity index (χ3v) is 11.6. The van der Waals surface area contributed by atoms with Gasteiger partial charge in [0, 0.05) is 51.6 Å². The van der Waals surface area contributed by atoms with Crippen molar-refractivity contribution in [3.05, 3.63) is 229 Å². The smallest absolute Gasteiger partial charge is 0.159 e. The quantitative estimate of drug-likeness (QED) is 0.106. The number of allylic oxidation sites excluding steroid dienone is 2. The monoisotopic (exact) mass is 762 g/mol. The van der Waals surface area contributed by atoms with Crippen LogP contribution in [0.2, 0.25) is 0 Å². The molecule has 0 radical (unpaired) electrons. The van der Waals surface area contributed by atoms with Crippen LogP contribution >= 0.6 is 0 Å². The summed E-state index contributed by atoms with van der Waals surface area (Å²) in [6.45, 7) is 8.68. The second-order valence-corrected chi connectivity index (χ2v) is 15.5. The van der Waals surface area contributed by atoms with Crippen LogP contribution in [-0.2, 0) is 5.41 Å². The van der Waals surface area contributed by atoms with Crippen LogP contribution in [0.15, 0.2) is 222 Å². The van der Waals surface area contributed by atoms with E-state index in [2.05, 4.69) is 182 Å². The summed E-state index contributed by atoms with van der Waals surface area (Å²) >= 11 is 0. The number of aromatic nitrogens is 1. The van der Waals surface area contributed by atoms with Crippen molar-refractivity contribution >= 4 is 50.4 Å². The fourth-order valence-corrected chi connectivity index (χ4v) is 8.26. The average molecular weight is 763 g/mol. The fraction of sp³-hybridized carbons (Fsp3) is 0.0909. The molecular weight excluding hydrogens is 717 g/mol. The van der Waals surface area contributed by atoms with Crippen LogP contribution in [0.4, 0.5) is 11.4 Å². The third kappa shape index (κ3) is 7.37. The van der Waals surface area contributed by atoms with Gasteiger partial charge < -0.3 is 9.47 Å². The van der Waals surface area contributed by atoms with Crippen LogP contribution in [-0.4, -0.2) is 23.2 Å². The van der Waals surface area contributed by atoms with Gasteiger partial charge in [-0.2, -0.15) is 0 Å². The van der Waals surface area contributed by atoms with Crippen molar-refractivity contribution in [2.24, 2.45) is 9.98 Å². The van der Waals surface area contributed by atoms with Crippen LogP contribution in [0, 0.1) is 0 Å². The van der Waals surface area contributed by atoms with Crippen molar-refractivity contribution < 1.29 is 0 Å². The molecule has 0 aliphatic heterocycles. The maximum absolute atomic E-state index is 5.10.